The summed E-state index contributed by atoms with van der Waals surface area (Å²) in [5.41, 5.74) is 10.6. The number of nitrogens with zero attached hydrogens (tertiary/aromatic N) is 11. The summed E-state index contributed by atoms with van der Waals surface area (Å²) in [6.07, 6.45) is 2.48. The molecule has 0 radical (unpaired) electrons. The second-order valence-corrected chi connectivity index (χ2v) is 31.6. The van der Waals surface area contributed by atoms with Crippen LogP contribution in [-0.4, -0.2) is 145 Å². The first-order valence-corrected chi connectivity index (χ1v) is 40.9. The van der Waals surface area contributed by atoms with Crippen LogP contribution < -0.4 is 56.2 Å². The maximum Gasteiger partial charge on any atom is 0.414 e. The van der Waals surface area contributed by atoms with Crippen LogP contribution in [0.1, 0.15) is 94.2 Å². The summed E-state index contributed by atoms with van der Waals surface area (Å²) < 4.78 is 65.9. The van der Waals surface area contributed by atoms with E-state index in [1.807, 2.05) is 212 Å². The van der Waals surface area contributed by atoms with E-state index in [0.29, 0.717) is 88.2 Å². The Kier molecular flexibility index (Phi) is 39.2. The summed E-state index contributed by atoms with van der Waals surface area (Å²) >= 11 is 5.72. The molecule has 0 unspecified atom stereocenters. The Morgan fingerprint density at radius 3 is 1.15 bits per heavy atom. The van der Waals surface area contributed by atoms with E-state index in [-0.39, 0.29) is 36.4 Å². The van der Waals surface area contributed by atoms with E-state index in [9.17, 15) is 33.5 Å². The monoisotopic (exact) mass is 1820 g/mol. The number of aryl methyl sites for hydroxylation is 2. The lowest BCUT2D eigenvalue weighted by Crippen LogP contribution is -2.34. The van der Waals surface area contributed by atoms with Crippen molar-refractivity contribution in [3.63, 3.8) is 0 Å². The van der Waals surface area contributed by atoms with Gasteiger partial charge in [-0.2, -0.15) is 0 Å². The highest BCUT2D eigenvalue weighted by atomic mass is 35.5. The van der Waals surface area contributed by atoms with Gasteiger partial charge in [-0.25, -0.2) is 38.5 Å². The van der Waals surface area contributed by atoms with Crippen LogP contribution in [-0.2, 0) is 46.3 Å². The molecule has 4 aromatic heterocycles. The van der Waals surface area contributed by atoms with Crippen LogP contribution in [0.4, 0.5) is 41.5 Å². The number of aromatic carboxylic acids is 1. The number of nitrogen functional groups attached to an aromatic ring is 1. The molecule has 0 aliphatic heterocycles. The van der Waals surface area contributed by atoms with Crippen LogP contribution in [0.25, 0.3) is 68.7 Å². The first-order chi connectivity index (χ1) is 62.4. The number of anilines is 4. The molecule has 0 saturated heterocycles. The third-order valence-corrected chi connectivity index (χ3v) is 18.2. The predicted molar refractivity (Wildman–Crippen MR) is 500 cm³/mol. The van der Waals surface area contributed by atoms with Crippen LogP contribution in [0.3, 0.4) is 0 Å². The fraction of sp³-hybridized carbons (Fsp3) is 0.227. The van der Waals surface area contributed by atoms with Gasteiger partial charge in [0.25, 0.3) is 12.4 Å². The van der Waals surface area contributed by atoms with Crippen molar-refractivity contribution >= 4 is 71.0 Å². The summed E-state index contributed by atoms with van der Waals surface area (Å²) in [5, 5.41) is 53.6. The second kappa shape index (κ2) is 50.1. The molecule has 14 rings (SSSR count). The zero-order valence-electron chi connectivity index (χ0n) is 75.7. The molecule has 692 valence electrons. The molecule has 0 aliphatic rings. The minimum absolute atomic E-state index is 0. The van der Waals surface area contributed by atoms with E-state index in [2.05, 4.69) is 41.3 Å². The van der Waals surface area contributed by atoms with Gasteiger partial charge in [0.1, 0.15) is 78.7 Å². The minimum atomic E-state index is -0.999. The van der Waals surface area contributed by atoms with Crippen molar-refractivity contribution in [3.8, 4) is 91.7 Å². The molecule has 14 aromatic rings. The highest BCUT2D eigenvalue weighted by molar-refractivity contribution is 6.27. The van der Waals surface area contributed by atoms with Gasteiger partial charge in [-0.3, -0.25) is 29.7 Å². The first-order valence-electron chi connectivity index (χ1n) is 40.6. The Bertz CT molecular complexity index is 5950. The highest BCUT2D eigenvalue weighted by Gasteiger charge is 2.25. The smallest absolute Gasteiger partial charge is 0.414 e. The van der Waals surface area contributed by atoms with Gasteiger partial charge >= 0.3 is 29.5 Å². The third kappa shape index (κ3) is 33.4. The van der Waals surface area contributed by atoms with Crippen LogP contribution >= 0.6 is 11.6 Å². The average Bonchev–Trinajstić information content (AvgIpc) is 1.71. The number of nitrogens with two attached hydrogens (primary N) is 1. The Balaban J connectivity index is 0.000000222. The number of hydrazine groups is 1. The number of aromatic hydroxyl groups is 1. The summed E-state index contributed by atoms with van der Waals surface area (Å²) in [4.78, 5) is 70.8. The van der Waals surface area contributed by atoms with Gasteiger partial charge in [0.05, 0.1) is 19.7 Å². The van der Waals surface area contributed by atoms with Gasteiger partial charge in [-0.15, -0.1) is 30.6 Å². The van der Waals surface area contributed by atoms with E-state index in [1.165, 1.54) is 26.8 Å². The number of carboxylic acids is 1. The van der Waals surface area contributed by atoms with Gasteiger partial charge in [-0.1, -0.05) is 84.9 Å². The number of imidazole rings is 1. The fourth-order valence-corrected chi connectivity index (χ4v) is 11.1. The number of carbonyl (C=O) groups is 6. The predicted octanol–water partition coefficient (Wildman–Crippen LogP) is 19.6. The molecule has 10 aromatic carbocycles. The highest BCUT2D eigenvalue weighted by Crippen LogP contribution is 2.33. The Labute approximate surface area is 768 Å². The van der Waals surface area contributed by atoms with Gasteiger partial charge < -0.3 is 68.5 Å². The topological polar surface area (TPSA) is 439 Å². The Morgan fingerprint density at radius 2 is 0.826 bits per heavy atom. The summed E-state index contributed by atoms with van der Waals surface area (Å²) in [7, 11) is 10.6. The summed E-state index contributed by atoms with van der Waals surface area (Å²) in [6, 6.07) is 76.1. The SMILES string of the molecule is CN(C(=O)OC(C)(C)C)c1ccc(-c2nnc(-c3cccc(O)c3)o2)cc1.CN(C(=O)OC(C)(C)C)c1ccc(-c2nnc(-c3cccc(OCc4ccccc4)c3)o2)cc1.CN(C(=O)OC(C)(C)C)c1ccc(C(=O)O)cc1.CNc1ccc(-c2nnc(-c3cccc(OCCF)c3)o2)cc1.Cn1cc[n+](C)c1Cl.N.NNC(=O)c1cccc(OCc2ccccc2)c1.O=CO. The van der Waals surface area contributed by atoms with E-state index >= 15 is 0 Å². The number of rotatable bonds is 21. The average molecular weight is 1830 g/mol. The van der Waals surface area contributed by atoms with Crippen LogP contribution in [0, 0.1) is 0 Å². The minimum Gasteiger partial charge on any atom is -0.508 e. The lowest BCUT2D eigenvalue weighted by Gasteiger charge is -2.24. The number of phenolic OH excluding ortho intramolecular Hbond substituents is 1. The number of phenols is 1. The number of halogens is 2. The summed E-state index contributed by atoms with van der Waals surface area (Å²) in [6.45, 7) is 16.5. The van der Waals surface area contributed by atoms with Crippen LogP contribution in [0.15, 0.2) is 280 Å². The van der Waals surface area contributed by atoms with Crippen molar-refractivity contribution in [2.45, 2.75) is 92.3 Å². The molecule has 0 fully saturated rings. The molecule has 4 heterocycles. The molecular weight excluding hydrogens is 1720 g/mol. The standard InChI is InChI=1S/C27H27N3O4.C20H21N3O4.C17H16FN3O2.C14H14N2O2.C13H17NO4.C5H8ClN2.CH2O2.H3N/c1-27(2,3)34-26(31)30(4)22-15-13-20(14-16-22)24-28-29-25(33-24)21-11-8-12-23(17-21)32-18-19-9-6-5-7-10-19;1-20(2,3)27-19(25)23(4)15-10-8-13(9-11-15)17-21-22-18(26-17)14-6-5-7-16(24)12-14;1-19-14-7-5-12(6-8-14)16-20-21-17(23-16)13-3-2-4-15(11-13)22-10-9-18;15-16-14(17)12-7-4-8-13(9-12)18-10-11-5-2-1-3-6-11;1-13(2,3)18-12(17)14(4)10-7-5-9(6-8-10)11(15)16;1-7-3-4-8(2)5(7)6;2-1-3;/h5-17H,18H2,1-4H3;5-12,24H,1-4H3;2-8,11,19H,9-10H2,1H3;1-9H,10,15H2,(H,16,17);5-8H,1-4H3,(H,15,16);3-4H,1-2H3;1H,(H,2,3);1H3/q;;;;;+1;;. The van der Waals surface area contributed by atoms with Crippen molar-refractivity contribution in [2.24, 2.45) is 19.9 Å². The van der Waals surface area contributed by atoms with Crippen LogP contribution in [0.2, 0.25) is 5.28 Å². The molecule has 10 N–H and O–H groups in total. The quantitative estimate of drug-likeness (QED) is 0.00877. The molecule has 4 amide bonds. The molecular formula is C97H108ClFN15O18+. The van der Waals surface area contributed by atoms with Crippen molar-refractivity contribution in [1.29, 1.82) is 0 Å². The van der Waals surface area contributed by atoms with Gasteiger partial charge in [0.15, 0.2) is 0 Å². The normalized spacial score (nSPS) is 10.5. The first kappa shape index (κ1) is 103. The summed E-state index contributed by atoms with van der Waals surface area (Å²) in [5.74, 6) is 8.08. The Morgan fingerprint density at radius 1 is 0.485 bits per heavy atom. The molecule has 0 saturated carbocycles. The lowest BCUT2D eigenvalue weighted by atomic mass is 10.2. The number of hydrogen-bond acceptors (Lipinski definition) is 25. The number of carbonyl (C=O) groups excluding carboxylic acids is 4. The third-order valence-electron chi connectivity index (χ3n) is 17.6. The zero-order chi connectivity index (χ0) is 95.4. The molecule has 0 bridgehead atoms. The largest absolute Gasteiger partial charge is 0.508 e. The molecule has 132 heavy (non-hydrogen) atoms. The molecule has 33 nitrogen and oxygen atoms in total. The molecule has 0 spiro atoms. The van der Waals surface area contributed by atoms with E-state index < -0.39 is 47.7 Å². The number of nitrogens with one attached hydrogen (secondary N) is 2. The van der Waals surface area contributed by atoms with Crippen molar-refractivity contribution < 1.29 is 94.7 Å². The van der Waals surface area contributed by atoms with Crippen molar-refractivity contribution in [3.05, 3.63) is 295 Å². The molecule has 0 atom stereocenters. The fourth-order valence-electron chi connectivity index (χ4n) is 11.0. The number of hydrogen-bond donors (Lipinski definition) is 7. The van der Waals surface area contributed by atoms with Crippen molar-refractivity contribution in [1.82, 2.24) is 46.7 Å². The van der Waals surface area contributed by atoms with E-state index in [4.69, 9.17) is 74.1 Å². The molecule has 0 aliphatic carbocycles. The molecule has 35 heteroatoms. The van der Waals surface area contributed by atoms with E-state index in [0.717, 1.165) is 55.7 Å². The number of carboxylic acid groups (broad SMARTS) is 2. The number of benzene rings is 10. The zero-order valence-corrected chi connectivity index (χ0v) is 76.5. The Hall–Kier alpha value is -15.8. The van der Waals surface area contributed by atoms with Gasteiger partial charge in [0.2, 0.25) is 35.3 Å². The number of aromatic nitrogens is 8. The van der Waals surface area contributed by atoms with Gasteiger partial charge in [-0.05, 0) is 243 Å². The van der Waals surface area contributed by atoms with Gasteiger partial charge in [0, 0.05) is 101 Å². The number of alkyl halides is 1. The second-order valence-electron chi connectivity index (χ2n) is 31.2. The lowest BCUT2D eigenvalue weighted by molar-refractivity contribution is -0.668. The van der Waals surface area contributed by atoms with Crippen molar-refractivity contribution in [2.75, 3.05) is 61.5 Å². The number of amides is 4. The van der Waals surface area contributed by atoms with E-state index in [1.54, 1.807) is 157 Å². The number of ether oxygens (including phenoxy) is 6. The maximum atomic E-state index is 12.3. The van der Waals surface area contributed by atoms with Crippen LogP contribution in [0.5, 0.6) is 23.0 Å². The maximum absolute atomic E-state index is 12.3.